The van der Waals surface area contributed by atoms with Crippen LogP contribution >= 0.6 is 11.6 Å². The highest BCUT2D eigenvalue weighted by atomic mass is 35.5. The second-order valence-corrected chi connectivity index (χ2v) is 7.67. The summed E-state index contributed by atoms with van der Waals surface area (Å²) in [6.07, 6.45) is 2.79. The zero-order valence-corrected chi connectivity index (χ0v) is 17.7. The van der Waals surface area contributed by atoms with Gasteiger partial charge in [-0.05, 0) is 36.6 Å². The molecule has 0 unspecified atom stereocenters. The number of fused-ring (bicyclic) bond motifs is 2. The minimum absolute atomic E-state index is 0.145. The van der Waals surface area contributed by atoms with Gasteiger partial charge in [-0.3, -0.25) is 9.36 Å². The predicted octanol–water partition coefficient (Wildman–Crippen LogP) is 4.90. The molecular weight excluding hydrogens is 457 g/mol. The lowest BCUT2D eigenvalue weighted by molar-refractivity contribution is 0.502. The molecule has 0 fully saturated rings. The number of nitrogens with zero attached hydrogens (tertiary/aromatic N) is 4. The molecule has 3 heterocycles. The number of rotatable bonds is 4. The molecule has 1 atom stereocenters. The molecule has 0 amide bonds. The molecule has 2 aromatic carbocycles. The Hall–Kier alpha value is -3.92. The third kappa shape index (κ3) is 3.39. The van der Waals surface area contributed by atoms with E-state index in [0.29, 0.717) is 22.4 Å². The van der Waals surface area contributed by atoms with E-state index >= 15 is 0 Å². The van der Waals surface area contributed by atoms with Crippen LogP contribution in [0.3, 0.4) is 0 Å². The first-order valence-electron chi connectivity index (χ1n) is 9.75. The molecule has 5 rings (SSSR count). The van der Waals surface area contributed by atoms with Gasteiger partial charge in [0.1, 0.15) is 17.7 Å². The summed E-state index contributed by atoms with van der Waals surface area (Å²) < 4.78 is 43.9. The molecule has 0 bridgehead atoms. The molecule has 0 radical (unpaired) electrons. The van der Waals surface area contributed by atoms with Crippen molar-refractivity contribution in [3.8, 4) is 5.69 Å². The van der Waals surface area contributed by atoms with E-state index in [-0.39, 0.29) is 16.8 Å². The summed E-state index contributed by atoms with van der Waals surface area (Å²) in [6.45, 7) is 1.71. The molecule has 0 aliphatic heterocycles. The van der Waals surface area contributed by atoms with E-state index < -0.39 is 34.1 Å². The van der Waals surface area contributed by atoms with Crippen LogP contribution in [-0.4, -0.2) is 24.5 Å². The average Bonchev–Trinajstić information content (AvgIpc) is 3.28. The van der Waals surface area contributed by atoms with Crippen LogP contribution in [0.1, 0.15) is 18.7 Å². The van der Waals surface area contributed by atoms with Gasteiger partial charge in [0, 0.05) is 5.69 Å². The molecule has 3 aromatic heterocycles. The van der Waals surface area contributed by atoms with E-state index in [1.807, 2.05) is 0 Å². The van der Waals surface area contributed by atoms with Crippen LogP contribution in [0.25, 0.3) is 27.6 Å². The number of benzene rings is 2. The van der Waals surface area contributed by atoms with Crippen LogP contribution in [0, 0.1) is 17.5 Å². The van der Waals surface area contributed by atoms with E-state index in [9.17, 15) is 18.0 Å². The predicted molar refractivity (Wildman–Crippen MR) is 118 cm³/mol. The number of hydrogen-bond donors (Lipinski definition) is 2. The molecule has 0 saturated heterocycles. The van der Waals surface area contributed by atoms with Gasteiger partial charge in [-0.2, -0.15) is 0 Å². The molecular formula is C22H14ClF3N6O. The van der Waals surface area contributed by atoms with E-state index in [1.165, 1.54) is 30.9 Å². The third-order valence-corrected chi connectivity index (χ3v) is 5.66. The van der Waals surface area contributed by atoms with Crippen molar-refractivity contribution in [3.63, 3.8) is 0 Å². The summed E-state index contributed by atoms with van der Waals surface area (Å²) in [5.74, 6) is -2.79. The summed E-state index contributed by atoms with van der Waals surface area (Å²) in [6, 6.07) is 6.92. The number of nitrogens with one attached hydrogen (secondary N) is 2. The number of aromatic amines is 1. The first-order chi connectivity index (χ1) is 15.9. The molecule has 7 nitrogen and oxygen atoms in total. The van der Waals surface area contributed by atoms with Crippen LogP contribution in [0.5, 0.6) is 0 Å². The van der Waals surface area contributed by atoms with Gasteiger partial charge in [0.2, 0.25) is 0 Å². The second-order valence-electron chi connectivity index (χ2n) is 7.30. The van der Waals surface area contributed by atoms with Crippen molar-refractivity contribution >= 4 is 39.4 Å². The van der Waals surface area contributed by atoms with Crippen molar-refractivity contribution in [3.05, 3.63) is 87.6 Å². The summed E-state index contributed by atoms with van der Waals surface area (Å²) >= 11 is 6.08. The Bertz CT molecular complexity index is 1600. The normalized spacial score (nSPS) is 12.4. The standard InChI is InChI=1S/C22H14ClF3N6O/c1-10(31-21-19-20(28-8-27-19)29-9-30-21)15-7-11-5-6-12(24)17(23)16(11)22(33)32(15)14-4-2-3-13(25)18(14)26/h2-10H,1H3,(H2,27,28,29,30,31)/t10-/m0/s1. The number of H-pyrrole nitrogens is 1. The van der Waals surface area contributed by atoms with Crippen molar-refractivity contribution < 1.29 is 13.2 Å². The van der Waals surface area contributed by atoms with Crippen molar-refractivity contribution in [2.75, 3.05) is 5.32 Å². The van der Waals surface area contributed by atoms with Gasteiger partial charge in [0.05, 0.1) is 28.5 Å². The highest BCUT2D eigenvalue weighted by Crippen LogP contribution is 2.30. The third-order valence-electron chi connectivity index (χ3n) is 5.29. The minimum atomic E-state index is -1.23. The monoisotopic (exact) mass is 470 g/mol. The fraction of sp³-hybridized carbons (Fsp3) is 0.0909. The van der Waals surface area contributed by atoms with Crippen LogP contribution < -0.4 is 10.9 Å². The molecule has 0 spiro atoms. The Kier molecular flexibility index (Phi) is 5.01. The fourth-order valence-electron chi connectivity index (χ4n) is 3.74. The zero-order valence-electron chi connectivity index (χ0n) is 16.9. The molecule has 11 heteroatoms. The minimum Gasteiger partial charge on any atom is -0.360 e. The highest BCUT2D eigenvalue weighted by Gasteiger charge is 2.23. The van der Waals surface area contributed by atoms with Gasteiger partial charge in [-0.1, -0.05) is 23.7 Å². The highest BCUT2D eigenvalue weighted by molar-refractivity contribution is 6.35. The first-order valence-corrected chi connectivity index (χ1v) is 10.1. The first kappa shape index (κ1) is 21.0. The van der Waals surface area contributed by atoms with E-state index in [4.69, 9.17) is 11.6 Å². The van der Waals surface area contributed by atoms with Gasteiger partial charge in [0.15, 0.2) is 23.1 Å². The number of aromatic nitrogens is 5. The largest absolute Gasteiger partial charge is 0.360 e. The summed E-state index contributed by atoms with van der Waals surface area (Å²) in [4.78, 5) is 28.8. The number of hydrogen-bond acceptors (Lipinski definition) is 5. The molecule has 166 valence electrons. The molecule has 5 aromatic rings. The molecule has 0 aliphatic rings. The van der Waals surface area contributed by atoms with Gasteiger partial charge >= 0.3 is 0 Å². The van der Waals surface area contributed by atoms with Crippen molar-refractivity contribution in [1.82, 2.24) is 24.5 Å². The van der Waals surface area contributed by atoms with Crippen LogP contribution in [0.4, 0.5) is 19.0 Å². The zero-order chi connectivity index (χ0) is 23.3. The smallest absolute Gasteiger partial charge is 0.264 e. The number of pyridine rings is 1. The van der Waals surface area contributed by atoms with Gasteiger partial charge in [0.25, 0.3) is 5.56 Å². The maximum atomic E-state index is 14.8. The average molecular weight is 471 g/mol. The Morgan fingerprint density at radius 2 is 1.91 bits per heavy atom. The fourth-order valence-corrected chi connectivity index (χ4v) is 3.99. The lowest BCUT2D eigenvalue weighted by Crippen LogP contribution is -2.27. The van der Waals surface area contributed by atoms with Gasteiger partial charge < -0.3 is 10.3 Å². The topological polar surface area (TPSA) is 88.5 Å². The Labute approximate surface area is 188 Å². The SMILES string of the molecule is C[C@H](Nc1ncnc2[nH]cnc12)c1cc2ccc(F)c(Cl)c2c(=O)n1-c1cccc(F)c1F. The summed E-state index contributed by atoms with van der Waals surface area (Å²) in [5.41, 5.74) is 0.0910. The Morgan fingerprint density at radius 1 is 1.09 bits per heavy atom. The maximum absolute atomic E-state index is 14.8. The molecule has 2 N–H and O–H groups in total. The quantitative estimate of drug-likeness (QED) is 0.390. The lowest BCUT2D eigenvalue weighted by atomic mass is 10.1. The summed E-state index contributed by atoms with van der Waals surface area (Å²) in [7, 11) is 0. The Balaban J connectivity index is 1.77. The maximum Gasteiger partial charge on any atom is 0.264 e. The molecule has 0 saturated carbocycles. The van der Waals surface area contributed by atoms with Crippen LogP contribution in [-0.2, 0) is 0 Å². The summed E-state index contributed by atoms with van der Waals surface area (Å²) in [5, 5.41) is 2.93. The Morgan fingerprint density at radius 3 is 2.73 bits per heavy atom. The lowest BCUT2D eigenvalue weighted by Gasteiger charge is -2.22. The number of halogens is 4. The van der Waals surface area contributed by atoms with Gasteiger partial charge in [-0.25, -0.2) is 28.1 Å². The van der Waals surface area contributed by atoms with Crippen LogP contribution in [0.2, 0.25) is 5.02 Å². The molecule has 0 aliphatic carbocycles. The van der Waals surface area contributed by atoms with Crippen molar-refractivity contribution in [2.45, 2.75) is 13.0 Å². The molecule has 33 heavy (non-hydrogen) atoms. The second kappa shape index (κ2) is 7.89. The van der Waals surface area contributed by atoms with Crippen molar-refractivity contribution in [1.29, 1.82) is 0 Å². The van der Waals surface area contributed by atoms with Crippen molar-refractivity contribution in [2.24, 2.45) is 0 Å². The number of anilines is 1. The van der Waals surface area contributed by atoms with E-state index in [0.717, 1.165) is 16.7 Å². The van der Waals surface area contributed by atoms with E-state index in [2.05, 4.69) is 25.3 Å². The van der Waals surface area contributed by atoms with Crippen LogP contribution in [0.15, 0.2) is 53.8 Å². The van der Waals surface area contributed by atoms with Gasteiger partial charge in [-0.15, -0.1) is 0 Å². The van der Waals surface area contributed by atoms with E-state index in [1.54, 1.807) is 13.0 Å². The number of imidazole rings is 1.